The van der Waals surface area contributed by atoms with Crippen molar-refractivity contribution in [3.05, 3.63) is 53.8 Å². The molecule has 0 spiro atoms. The van der Waals surface area contributed by atoms with Gasteiger partial charge in [0.25, 0.3) is 0 Å². The smallest absolute Gasteiger partial charge is 0.324 e. The van der Waals surface area contributed by atoms with Crippen LogP contribution < -0.4 is 0 Å². The second-order valence-corrected chi connectivity index (χ2v) is 14.0. The van der Waals surface area contributed by atoms with Crippen LogP contribution in [0.25, 0.3) is 5.76 Å². The summed E-state index contributed by atoms with van der Waals surface area (Å²) in [4.78, 5) is 26.5. The van der Waals surface area contributed by atoms with Gasteiger partial charge in [-0.05, 0) is 52.9 Å². The lowest BCUT2D eigenvalue weighted by molar-refractivity contribution is -0.178. The number of rotatable bonds is 4. The van der Waals surface area contributed by atoms with Gasteiger partial charge in [0.15, 0.2) is 11.2 Å². The molecule has 0 N–H and O–H groups in total. The Bertz CT molecular complexity index is 857. The topological polar surface area (TPSA) is 61.8 Å². The fourth-order valence-electron chi connectivity index (χ4n) is 3.60. The van der Waals surface area contributed by atoms with E-state index in [1.54, 1.807) is 20.8 Å². The first-order valence-corrected chi connectivity index (χ1v) is 13.4. The normalized spacial score (nSPS) is 24.6. The van der Waals surface area contributed by atoms with Crippen LogP contribution in [0.3, 0.4) is 0 Å². The van der Waals surface area contributed by atoms with Crippen LogP contribution in [0, 0.1) is 5.41 Å². The van der Waals surface area contributed by atoms with Crippen LogP contribution in [0.5, 0.6) is 0 Å². The van der Waals surface area contributed by atoms with Crippen molar-refractivity contribution in [1.82, 2.24) is 0 Å². The number of hydrogen-bond donors (Lipinski definition) is 0. The number of fused-ring (bicyclic) bond motifs is 1. The maximum Gasteiger partial charge on any atom is 0.324 e. The third-order valence-electron chi connectivity index (χ3n) is 4.82. The van der Waals surface area contributed by atoms with Gasteiger partial charge in [-0.3, -0.25) is 9.59 Å². The summed E-state index contributed by atoms with van der Waals surface area (Å²) < 4.78 is 18.1. The van der Waals surface area contributed by atoms with E-state index < -0.39 is 31.4 Å². The van der Waals surface area contributed by atoms with E-state index in [0.29, 0.717) is 12.2 Å². The van der Waals surface area contributed by atoms with Crippen LogP contribution in [0.2, 0.25) is 19.6 Å². The van der Waals surface area contributed by atoms with E-state index in [-0.39, 0.29) is 12.2 Å². The zero-order valence-corrected chi connectivity index (χ0v) is 19.1. The van der Waals surface area contributed by atoms with E-state index in [1.165, 1.54) is 6.08 Å². The van der Waals surface area contributed by atoms with Crippen molar-refractivity contribution in [2.45, 2.75) is 65.0 Å². The highest BCUT2D eigenvalue weighted by atomic mass is 28.4. The Hall–Kier alpha value is -2.34. The van der Waals surface area contributed by atoms with E-state index >= 15 is 0 Å². The van der Waals surface area contributed by atoms with Crippen molar-refractivity contribution in [3.8, 4) is 0 Å². The molecule has 0 radical (unpaired) electrons. The van der Waals surface area contributed by atoms with Crippen molar-refractivity contribution in [2.75, 3.05) is 0 Å². The molecule has 1 heterocycles. The average molecular weight is 415 g/mol. The molecule has 0 fully saturated rings. The number of carbonyl (C=O) groups is 2. The molecule has 0 saturated carbocycles. The van der Waals surface area contributed by atoms with Crippen molar-refractivity contribution >= 4 is 25.8 Å². The molecule has 0 saturated heterocycles. The van der Waals surface area contributed by atoms with Crippen LogP contribution in [0.1, 0.15) is 39.2 Å². The van der Waals surface area contributed by atoms with E-state index in [0.717, 1.165) is 11.3 Å². The molecular formula is C23H30O5Si. The molecule has 0 aromatic heterocycles. The molecule has 0 bridgehead atoms. The summed E-state index contributed by atoms with van der Waals surface area (Å²) >= 11 is 0. The molecule has 1 aromatic rings. The maximum absolute atomic E-state index is 13.3. The molecule has 1 aliphatic heterocycles. The minimum Gasteiger partial charge on any atom is -0.547 e. The zero-order valence-electron chi connectivity index (χ0n) is 18.1. The summed E-state index contributed by atoms with van der Waals surface area (Å²) in [5, 5.41) is 0. The Balaban J connectivity index is 2.00. The minimum atomic E-state index is -1.83. The Kier molecular flexibility index (Phi) is 5.51. The number of carbonyl (C=O) groups excluding carboxylic acids is 2. The van der Waals surface area contributed by atoms with Gasteiger partial charge in [0.05, 0.1) is 5.76 Å². The maximum atomic E-state index is 13.3. The summed E-state index contributed by atoms with van der Waals surface area (Å²) in [6.07, 6.45) is 3.21. The quantitative estimate of drug-likeness (QED) is 0.400. The van der Waals surface area contributed by atoms with Gasteiger partial charge in [0.1, 0.15) is 17.5 Å². The Morgan fingerprint density at radius 3 is 2.41 bits per heavy atom. The first kappa shape index (κ1) is 21.4. The lowest BCUT2D eigenvalue weighted by atomic mass is 9.69. The molecule has 2 atom stereocenters. The minimum absolute atomic E-state index is 0.212. The molecule has 29 heavy (non-hydrogen) atoms. The van der Waals surface area contributed by atoms with E-state index in [2.05, 4.69) is 19.6 Å². The third-order valence-corrected chi connectivity index (χ3v) is 5.69. The number of benzene rings is 1. The first-order valence-electron chi connectivity index (χ1n) is 10.0. The van der Waals surface area contributed by atoms with E-state index in [4.69, 9.17) is 13.9 Å². The van der Waals surface area contributed by atoms with Gasteiger partial charge in [-0.1, -0.05) is 30.3 Å². The highest BCUT2D eigenvalue weighted by Crippen LogP contribution is 2.46. The summed E-state index contributed by atoms with van der Waals surface area (Å²) in [6, 6.07) is 9.46. The molecule has 1 aromatic carbocycles. The third kappa shape index (κ3) is 4.64. The average Bonchev–Trinajstić information content (AvgIpc) is 2.59. The standard InChI is InChI=1S/C23H30O5Si/c1-22(2,3)27-21(25)23-13-12-17(28-29(4,5)6)14-20(23)26-18(15-19(23)24)16-10-8-7-9-11-16/h7-12,15,20H,13-14H2,1-6H3/t20-,23+/m1/s1. The van der Waals surface area contributed by atoms with Crippen molar-refractivity contribution < 1.29 is 23.5 Å². The summed E-state index contributed by atoms with van der Waals surface area (Å²) in [6.45, 7) is 11.7. The fourth-order valence-corrected chi connectivity index (χ4v) is 4.55. The van der Waals surface area contributed by atoms with Crippen molar-refractivity contribution in [2.24, 2.45) is 5.41 Å². The van der Waals surface area contributed by atoms with Gasteiger partial charge in [-0.15, -0.1) is 0 Å². The van der Waals surface area contributed by atoms with Crippen LogP contribution in [0.15, 0.2) is 48.2 Å². The number of ketones is 1. The van der Waals surface area contributed by atoms with Gasteiger partial charge in [-0.2, -0.15) is 0 Å². The lowest BCUT2D eigenvalue weighted by Gasteiger charge is -2.43. The van der Waals surface area contributed by atoms with E-state index in [1.807, 2.05) is 36.4 Å². The summed E-state index contributed by atoms with van der Waals surface area (Å²) in [5.41, 5.74) is -1.27. The van der Waals surface area contributed by atoms with Crippen LogP contribution in [0.4, 0.5) is 0 Å². The zero-order chi connectivity index (χ0) is 21.4. The van der Waals surface area contributed by atoms with E-state index in [9.17, 15) is 9.59 Å². The molecule has 156 valence electrons. The molecule has 0 amide bonds. The Labute approximate surface area is 173 Å². The van der Waals surface area contributed by atoms with Gasteiger partial charge in [0.2, 0.25) is 8.32 Å². The van der Waals surface area contributed by atoms with Crippen LogP contribution in [-0.4, -0.2) is 31.8 Å². The largest absolute Gasteiger partial charge is 0.547 e. The van der Waals surface area contributed by atoms with Gasteiger partial charge < -0.3 is 13.9 Å². The van der Waals surface area contributed by atoms with Gasteiger partial charge >= 0.3 is 5.97 Å². The number of ether oxygens (including phenoxy) is 2. The lowest BCUT2D eigenvalue weighted by Crippen LogP contribution is -2.55. The number of esters is 1. The predicted octanol–water partition coefficient (Wildman–Crippen LogP) is 4.85. The SMILES string of the molecule is CC(C)(C)OC(=O)[C@]12CC=C(O[Si](C)(C)C)C[C@H]1OC(c1ccccc1)=CC2=O. The number of hydrogen-bond acceptors (Lipinski definition) is 5. The second-order valence-electron chi connectivity index (χ2n) is 9.61. The van der Waals surface area contributed by atoms with Gasteiger partial charge in [-0.25, -0.2) is 0 Å². The highest BCUT2D eigenvalue weighted by Gasteiger charge is 2.58. The molecule has 1 aliphatic carbocycles. The fraction of sp³-hybridized carbons (Fsp3) is 0.478. The Morgan fingerprint density at radius 2 is 1.83 bits per heavy atom. The van der Waals surface area contributed by atoms with Gasteiger partial charge in [0, 0.05) is 18.1 Å². The predicted molar refractivity (Wildman–Crippen MR) is 114 cm³/mol. The van der Waals surface area contributed by atoms with Crippen LogP contribution in [-0.2, 0) is 23.5 Å². The Morgan fingerprint density at radius 1 is 1.17 bits per heavy atom. The molecule has 0 unspecified atom stereocenters. The summed E-state index contributed by atoms with van der Waals surface area (Å²) in [5.74, 6) is 0.460. The first-order chi connectivity index (χ1) is 13.4. The molecule has 2 aliphatic rings. The summed E-state index contributed by atoms with van der Waals surface area (Å²) in [7, 11) is -1.83. The van der Waals surface area contributed by atoms with Crippen molar-refractivity contribution in [1.29, 1.82) is 0 Å². The molecule has 5 nitrogen and oxygen atoms in total. The monoisotopic (exact) mass is 414 g/mol. The van der Waals surface area contributed by atoms with Crippen LogP contribution >= 0.6 is 0 Å². The van der Waals surface area contributed by atoms with Crippen molar-refractivity contribution in [3.63, 3.8) is 0 Å². The second kappa shape index (κ2) is 7.48. The number of allylic oxidation sites excluding steroid dienone is 2. The highest BCUT2D eigenvalue weighted by molar-refractivity contribution is 6.70. The molecule has 3 rings (SSSR count). The molecular weight excluding hydrogens is 384 g/mol. The molecule has 6 heteroatoms.